The molecule has 0 aromatic heterocycles. The maximum absolute atomic E-state index is 12.0. The fourth-order valence-electron chi connectivity index (χ4n) is 1.83. The number of halogens is 1. The van der Waals surface area contributed by atoms with Gasteiger partial charge in [-0.05, 0) is 36.2 Å². The molecule has 2 aromatic rings. The average Bonchev–Trinajstić information content (AvgIpc) is 2.49. The Morgan fingerprint density at radius 1 is 1.19 bits per heavy atom. The lowest BCUT2D eigenvalue weighted by atomic mass is 10.1. The van der Waals surface area contributed by atoms with E-state index >= 15 is 0 Å². The number of phenols is 1. The summed E-state index contributed by atoms with van der Waals surface area (Å²) in [7, 11) is 0. The first-order valence-corrected chi connectivity index (χ1v) is 6.90. The number of carbonyl (C=O) groups is 1. The van der Waals surface area contributed by atoms with Crippen molar-refractivity contribution in [3.8, 4) is 5.75 Å². The number of aromatic hydroxyl groups is 1. The Labute approximate surface area is 128 Å². The van der Waals surface area contributed by atoms with Gasteiger partial charge in [-0.25, -0.2) is 5.43 Å². The highest BCUT2D eigenvalue weighted by molar-refractivity contribution is 6.30. The zero-order chi connectivity index (χ0) is 15.2. The SMILES string of the molecule is CC/C(=N/NC(=O)c1ccccc1O)c1ccc(Cl)cc1. The van der Waals surface area contributed by atoms with E-state index in [0.717, 1.165) is 11.3 Å². The molecular formula is C16H15ClN2O2. The summed E-state index contributed by atoms with van der Waals surface area (Å²) in [4.78, 5) is 12.0. The summed E-state index contributed by atoms with van der Waals surface area (Å²) in [5.41, 5.74) is 4.27. The lowest BCUT2D eigenvalue weighted by Gasteiger charge is -2.06. The second-order valence-corrected chi connectivity index (χ2v) is 4.81. The molecule has 21 heavy (non-hydrogen) atoms. The molecule has 0 spiro atoms. The number of para-hydroxylation sites is 1. The van der Waals surface area contributed by atoms with Gasteiger partial charge in [0.15, 0.2) is 0 Å². The van der Waals surface area contributed by atoms with Gasteiger partial charge < -0.3 is 5.11 Å². The van der Waals surface area contributed by atoms with Crippen LogP contribution in [0.2, 0.25) is 5.02 Å². The van der Waals surface area contributed by atoms with Crippen LogP contribution in [0.25, 0.3) is 0 Å². The van der Waals surface area contributed by atoms with Crippen LogP contribution in [0.3, 0.4) is 0 Å². The smallest absolute Gasteiger partial charge is 0.275 e. The van der Waals surface area contributed by atoms with Crippen LogP contribution in [0.4, 0.5) is 0 Å². The topological polar surface area (TPSA) is 61.7 Å². The van der Waals surface area contributed by atoms with Gasteiger partial charge in [0.25, 0.3) is 5.91 Å². The lowest BCUT2D eigenvalue weighted by Crippen LogP contribution is -2.20. The van der Waals surface area contributed by atoms with Gasteiger partial charge in [0, 0.05) is 5.02 Å². The standard InChI is InChI=1S/C16H15ClN2O2/c1-2-14(11-7-9-12(17)10-8-11)18-19-16(21)13-5-3-4-6-15(13)20/h3-10,20H,2H2,1H3,(H,19,21)/b18-14-. The second-order valence-electron chi connectivity index (χ2n) is 4.38. The van der Waals surface area contributed by atoms with Crippen LogP contribution in [0, 0.1) is 0 Å². The minimum atomic E-state index is -0.451. The predicted molar refractivity (Wildman–Crippen MR) is 83.9 cm³/mol. The molecule has 2 N–H and O–H groups in total. The molecule has 0 atom stereocenters. The Balaban J connectivity index is 2.16. The first kappa shape index (κ1) is 15.1. The molecule has 0 bridgehead atoms. The Morgan fingerprint density at radius 2 is 1.86 bits per heavy atom. The number of hydrazone groups is 1. The van der Waals surface area contributed by atoms with E-state index in [1.165, 1.54) is 12.1 Å². The molecule has 0 heterocycles. The van der Waals surface area contributed by atoms with Gasteiger partial charge >= 0.3 is 0 Å². The second kappa shape index (κ2) is 6.90. The summed E-state index contributed by atoms with van der Waals surface area (Å²) in [6.45, 7) is 1.94. The molecule has 0 saturated heterocycles. The molecule has 0 aliphatic carbocycles. The molecule has 5 heteroatoms. The summed E-state index contributed by atoms with van der Waals surface area (Å²) in [6, 6.07) is 13.6. The first-order valence-electron chi connectivity index (χ1n) is 6.52. The molecule has 4 nitrogen and oxygen atoms in total. The van der Waals surface area contributed by atoms with E-state index in [0.29, 0.717) is 11.4 Å². The Morgan fingerprint density at radius 3 is 2.48 bits per heavy atom. The highest BCUT2D eigenvalue weighted by atomic mass is 35.5. The number of hydrogen-bond acceptors (Lipinski definition) is 3. The van der Waals surface area contributed by atoms with Crippen molar-refractivity contribution in [2.75, 3.05) is 0 Å². The maximum Gasteiger partial charge on any atom is 0.275 e. The van der Waals surface area contributed by atoms with Crippen molar-refractivity contribution in [2.45, 2.75) is 13.3 Å². The third-order valence-corrected chi connectivity index (χ3v) is 3.21. The average molecular weight is 303 g/mol. The molecule has 0 unspecified atom stereocenters. The number of hydrogen-bond donors (Lipinski definition) is 2. The first-order chi connectivity index (χ1) is 10.1. The predicted octanol–water partition coefficient (Wildman–Crippen LogP) is 3.59. The summed E-state index contributed by atoms with van der Waals surface area (Å²) < 4.78 is 0. The van der Waals surface area contributed by atoms with E-state index in [9.17, 15) is 9.90 Å². The molecule has 0 aliphatic heterocycles. The van der Waals surface area contributed by atoms with Crippen molar-refractivity contribution in [1.29, 1.82) is 0 Å². The van der Waals surface area contributed by atoms with Crippen molar-refractivity contribution in [3.63, 3.8) is 0 Å². The molecule has 0 aliphatic rings. The maximum atomic E-state index is 12.0. The minimum Gasteiger partial charge on any atom is -0.507 e. The summed E-state index contributed by atoms with van der Waals surface area (Å²) in [5, 5.41) is 14.4. The molecule has 0 fully saturated rings. The Bertz CT molecular complexity index is 666. The van der Waals surface area contributed by atoms with Crippen LogP contribution >= 0.6 is 11.6 Å². The van der Waals surface area contributed by atoms with Gasteiger partial charge in [-0.3, -0.25) is 4.79 Å². The largest absolute Gasteiger partial charge is 0.507 e. The van der Waals surface area contributed by atoms with Crippen molar-refractivity contribution in [2.24, 2.45) is 5.10 Å². The number of nitrogens with one attached hydrogen (secondary N) is 1. The number of rotatable bonds is 4. The number of carbonyl (C=O) groups excluding carboxylic acids is 1. The fraction of sp³-hybridized carbons (Fsp3) is 0.125. The van der Waals surface area contributed by atoms with E-state index in [1.54, 1.807) is 24.3 Å². The third-order valence-electron chi connectivity index (χ3n) is 2.95. The van der Waals surface area contributed by atoms with Gasteiger partial charge in [-0.1, -0.05) is 42.8 Å². The molecule has 2 aromatic carbocycles. The molecule has 2 rings (SSSR count). The van der Waals surface area contributed by atoms with E-state index in [2.05, 4.69) is 10.5 Å². The van der Waals surface area contributed by atoms with Crippen LogP contribution < -0.4 is 5.43 Å². The number of amides is 1. The van der Waals surface area contributed by atoms with Crippen LogP contribution in [-0.4, -0.2) is 16.7 Å². The molecule has 108 valence electrons. The highest BCUT2D eigenvalue weighted by Crippen LogP contribution is 2.15. The van der Waals surface area contributed by atoms with Gasteiger partial charge in [-0.15, -0.1) is 0 Å². The molecule has 0 radical (unpaired) electrons. The van der Waals surface area contributed by atoms with Crippen LogP contribution in [0.1, 0.15) is 29.3 Å². The molecular weight excluding hydrogens is 288 g/mol. The van der Waals surface area contributed by atoms with Gasteiger partial charge in [0.05, 0.1) is 11.3 Å². The highest BCUT2D eigenvalue weighted by Gasteiger charge is 2.10. The number of benzene rings is 2. The van der Waals surface area contributed by atoms with Crippen molar-refractivity contribution in [1.82, 2.24) is 5.43 Å². The fourth-order valence-corrected chi connectivity index (χ4v) is 1.96. The van der Waals surface area contributed by atoms with Crippen molar-refractivity contribution < 1.29 is 9.90 Å². The minimum absolute atomic E-state index is 0.0743. The zero-order valence-corrected chi connectivity index (χ0v) is 12.3. The van der Waals surface area contributed by atoms with Gasteiger partial charge in [0.1, 0.15) is 5.75 Å². The van der Waals surface area contributed by atoms with Crippen LogP contribution in [-0.2, 0) is 0 Å². The molecule has 0 saturated carbocycles. The quantitative estimate of drug-likeness (QED) is 0.669. The Hall–Kier alpha value is -2.33. The van der Waals surface area contributed by atoms with Gasteiger partial charge in [0.2, 0.25) is 0 Å². The summed E-state index contributed by atoms with van der Waals surface area (Å²) in [5.74, 6) is -0.525. The number of phenolic OH excluding ortho intramolecular Hbond substituents is 1. The summed E-state index contributed by atoms with van der Waals surface area (Å²) in [6.07, 6.45) is 0.655. The lowest BCUT2D eigenvalue weighted by molar-refractivity contribution is 0.0952. The monoisotopic (exact) mass is 302 g/mol. The zero-order valence-electron chi connectivity index (χ0n) is 11.5. The normalized spacial score (nSPS) is 11.2. The third kappa shape index (κ3) is 3.83. The molecule has 1 amide bonds. The number of nitrogens with zero attached hydrogens (tertiary/aromatic N) is 1. The van der Waals surface area contributed by atoms with Crippen LogP contribution in [0.5, 0.6) is 5.75 Å². The van der Waals surface area contributed by atoms with E-state index in [1.807, 2.05) is 19.1 Å². The van der Waals surface area contributed by atoms with Crippen LogP contribution in [0.15, 0.2) is 53.6 Å². The van der Waals surface area contributed by atoms with E-state index < -0.39 is 5.91 Å². The van der Waals surface area contributed by atoms with E-state index in [4.69, 9.17) is 11.6 Å². The summed E-state index contributed by atoms with van der Waals surface area (Å²) >= 11 is 5.85. The van der Waals surface area contributed by atoms with Crippen molar-refractivity contribution >= 4 is 23.2 Å². The van der Waals surface area contributed by atoms with Gasteiger partial charge in [-0.2, -0.15) is 5.10 Å². The van der Waals surface area contributed by atoms with E-state index in [-0.39, 0.29) is 11.3 Å². The Kier molecular flexibility index (Phi) is 4.95. The van der Waals surface area contributed by atoms with Crippen molar-refractivity contribution in [3.05, 3.63) is 64.7 Å².